The van der Waals surface area contributed by atoms with E-state index < -0.39 is 24.4 Å². The minimum atomic E-state index is -1.09. The monoisotopic (exact) mass is 468 g/mol. The van der Waals surface area contributed by atoms with Gasteiger partial charge in [-0.1, -0.05) is 34.8 Å². The maximum Gasteiger partial charge on any atom is 0.146 e. The molecule has 0 saturated heterocycles. The van der Waals surface area contributed by atoms with Crippen molar-refractivity contribution in [1.29, 1.82) is 0 Å². The van der Waals surface area contributed by atoms with E-state index in [2.05, 4.69) is 15.3 Å². The summed E-state index contributed by atoms with van der Waals surface area (Å²) in [5, 5.41) is 26.6. The molecule has 0 amide bonds. The summed E-state index contributed by atoms with van der Waals surface area (Å²) in [5.41, 5.74) is 2.67. The number of ether oxygens (including phenoxy) is 1. The third-order valence-electron chi connectivity index (χ3n) is 5.89. The first-order valence-electron chi connectivity index (χ1n) is 9.65. The summed E-state index contributed by atoms with van der Waals surface area (Å²) in [4.78, 5) is 8.23. The average molecular weight is 470 g/mol. The van der Waals surface area contributed by atoms with Gasteiger partial charge in [-0.25, -0.2) is 9.97 Å². The Morgan fingerprint density at radius 1 is 1.13 bits per heavy atom. The summed E-state index contributed by atoms with van der Waals surface area (Å²) in [6.07, 6.45) is 1.44. The molecule has 3 heterocycles. The Bertz CT molecular complexity index is 1120. The number of hydrogen-bond donors (Lipinski definition) is 3. The Kier molecular flexibility index (Phi) is 5.29. The molecule has 1 saturated carbocycles. The van der Waals surface area contributed by atoms with E-state index in [1.165, 1.54) is 6.33 Å². The lowest BCUT2D eigenvalue weighted by Crippen LogP contribution is -2.34. The number of nitrogens with zero attached hydrogens (tertiary/aromatic N) is 3. The van der Waals surface area contributed by atoms with Crippen LogP contribution in [0.1, 0.15) is 23.6 Å². The smallest absolute Gasteiger partial charge is 0.146 e. The molecule has 1 fully saturated rings. The van der Waals surface area contributed by atoms with Gasteiger partial charge in [-0.2, -0.15) is 0 Å². The Morgan fingerprint density at radius 2 is 1.97 bits per heavy atom. The molecular weight excluding hydrogens is 451 g/mol. The Morgan fingerprint density at radius 3 is 2.80 bits per heavy atom. The molecule has 7 nitrogen and oxygen atoms in total. The maximum absolute atomic E-state index is 10.8. The van der Waals surface area contributed by atoms with Gasteiger partial charge in [-0.3, -0.25) is 0 Å². The summed E-state index contributed by atoms with van der Waals surface area (Å²) >= 11 is 18.8. The number of aliphatic hydroxyl groups is 2. The molecule has 10 heteroatoms. The fourth-order valence-electron chi connectivity index (χ4n) is 4.41. The van der Waals surface area contributed by atoms with Crippen molar-refractivity contribution in [2.24, 2.45) is 0 Å². The zero-order valence-electron chi connectivity index (χ0n) is 15.7. The van der Waals surface area contributed by atoms with Gasteiger partial charge in [-0.05, 0) is 30.7 Å². The molecule has 1 aliphatic carbocycles. The average Bonchev–Trinajstić information content (AvgIpc) is 3.20. The fraction of sp³-hybridized carbons (Fsp3) is 0.400. The van der Waals surface area contributed by atoms with Gasteiger partial charge in [0.15, 0.2) is 0 Å². The lowest BCUT2D eigenvalue weighted by molar-refractivity contribution is -0.0166. The highest BCUT2D eigenvalue weighted by Crippen LogP contribution is 2.40. The van der Waals surface area contributed by atoms with Gasteiger partial charge in [0, 0.05) is 29.7 Å². The van der Waals surface area contributed by atoms with Gasteiger partial charge in [0.05, 0.1) is 16.5 Å². The number of aromatic nitrogens is 3. The lowest BCUT2D eigenvalue weighted by atomic mass is 10.00. The molecule has 158 valence electrons. The van der Waals surface area contributed by atoms with Crippen LogP contribution in [0.3, 0.4) is 0 Å². The van der Waals surface area contributed by atoms with E-state index in [0.717, 1.165) is 24.1 Å². The van der Waals surface area contributed by atoms with E-state index in [4.69, 9.17) is 39.5 Å². The van der Waals surface area contributed by atoms with Crippen molar-refractivity contribution < 1.29 is 14.9 Å². The van der Waals surface area contributed by atoms with Gasteiger partial charge >= 0.3 is 0 Å². The molecule has 1 aliphatic heterocycles. The number of rotatable bonds is 3. The summed E-state index contributed by atoms with van der Waals surface area (Å²) in [5.74, 6) is 0.627. The molecule has 0 spiro atoms. The number of benzene rings is 1. The largest absolute Gasteiger partial charge is 0.487 e. The molecule has 4 atom stereocenters. The molecule has 2 aromatic heterocycles. The van der Waals surface area contributed by atoms with E-state index in [0.29, 0.717) is 39.8 Å². The predicted molar refractivity (Wildman–Crippen MR) is 114 cm³/mol. The zero-order valence-corrected chi connectivity index (χ0v) is 18.0. The standard InChI is InChI=1S/C20H19Cl3N4O3/c21-10-3-9-1-2-24-6-11(9)14(4-10)30-15-5-13(17(28)18(15)29)27-7-12(22)16-19(23)25-8-26-20(16)27/h3-4,7-8,13,15,17-18,24,28-29H,1-2,5-6H2/t13-,15+,17+,18-/m1/s1. The summed E-state index contributed by atoms with van der Waals surface area (Å²) in [7, 11) is 0. The minimum absolute atomic E-state index is 0.239. The van der Waals surface area contributed by atoms with Gasteiger partial charge in [0.1, 0.15) is 41.2 Å². The second kappa shape index (κ2) is 7.82. The van der Waals surface area contributed by atoms with Crippen molar-refractivity contribution >= 4 is 45.8 Å². The van der Waals surface area contributed by atoms with Crippen LogP contribution in [-0.4, -0.2) is 49.6 Å². The molecular formula is C20H19Cl3N4O3. The fourth-order valence-corrected chi connectivity index (χ4v) is 5.20. The van der Waals surface area contributed by atoms with Gasteiger partial charge in [-0.15, -0.1) is 0 Å². The molecule has 30 heavy (non-hydrogen) atoms. The molecule has 5 rings (SSSR count). The third-order valence-corrected chi connectivity index (χ3v) is 6.68. The second-order valence-corrected chi connectivity index (χ2v) is 8.86. The molecule has 0 bridgehead atoms. The van der Waals surface area contributed by atoms with E-state index in [1.807, 2.05) is 6.07 Å². The molecule has 2 aliphatic rings. The Balaban J connectivity index is 1.47. The Hall–Kier alpha value is -1.61. The second-order valence-electron chi connectivity index (χ2n) is 7.66. The van der Waals surface area contributed by atoms with E-state index in [9.17, 15) is 10.2 Å². The third kappa shape index (κ3) is 3.34. The number of nitrogens with one attached hydrogen (secondary N) is 1. The van der Waals surface area contributed by atoms with Crippen LogP contribution in [0.2, 0.25) is 15.2 Å². The quantitative estimate of drug-likeness (QED) is 0.510. The van der Waals surface area contributed by atoms with Gasteiger partial charge in [0.25, 0.3) is 0 Å². The highest BCUT2D eigenvalue weighted by atomic mass is 35.5. The SMILES string of the molecule is O[C@@H]1[C@H](O)[C@@H](Oc2cc(Cl)cc3c2CNCC3)C[C@H]1n1cc(Cl)c2c(Cl)ncnc21. The first kappa shape index (κ1) is 20.3. The van der Waals surface area contributed by atoms with Crippen molar-refractivity contribution in [2.75, 3.05) is 6.54 Å². The van der Waals surface area contributed by atoms with E-state index in [1.54, 1.807) is 16.8 Å². The van der Waals surface area contributed by atoms with Crippen LogP contribution in [-0.2, 0) is 13.0 Å². The predicted octanol–water partition coefficient (Wildman–Crippen LogP) is 3.15. The van der Waals surface area contributed by atoms with Crippen molar-refractivity contribution in [2.45, 2.75) is 43.7 Å². The maximum atomic E-state index is 10.8. The van der Waals surface area contributed by atoms with Crippen LogP contribution < -0.4 is 10.1 Å². The molecule has 3 N–H and O–H groups in total. The highest BCUT2D eigenvalue weighted by Gasteiger charge is 2.45. The number of halogens is 3. The highest BCUT2D eigenvalue weighted by molar-refractivity contribution is 6.41. The zero-order chi connectivity index (χ0) is 21.0. The van der Waals surface area contributed by atoms with Crippen molar-refractivity contribution in [1.82, 2.24) is 19.9 Å². The Labute approximate surface area is 187 Å². The lowest BCUT2D eigenvalue weighted by Gasteiger charge is -2.24. The molecule has 3 aromatic rings. The first-order chi connectivity index (χ1) is 14.4. The summed E-state index contributed by atoms with van der Waals surface area (Å²) < 4.78 is 7.93. The van der Waals surface area contributed by atoms with Gasteiger partial charge < -0.3 is 24.8 Å². The minimum Gasteiger partial charge on any atom is -0.487 e. The van der Waals surface area contributed by atoms with E-state index in [-0.39, 0.29) is 5.15 Å². The van der Waals surface area contributed by atoms with Crippen LogP contribution in [0.25, 0.3) is 11.0 Å². The van der Waals surface area contributed by atoms with Crippen molar-refractivity contribution in [3.05, 3.63) is 51.0 Å². The van der Waals surface area contributed by atoms with Gasteiger partial charge in [0.2, 0.25) is 0 Å². The molecule has 0 radical (unpaired) electrons. The topological polar surface area (TPSA) is 92.4 Å². The molecule has 0 unspecified atom stereocenters. The van der Waals surface area contributed by atoms with Crippen molar-refractivity contribution in [3.63, 3.8) is 0 Å². The summed E-state index contributed by atoms with van der Waals surface area (Å²) in [6.45, 7) is 1.55. The number of hydrogen-bond acceptors (Lipinski definition) is 6. The van der Waals surface area contributed by atoms with Crippen LogP contribution in [0.15, 0.2) is 24.7 Å². The van der Waals surface area contributed by atoms with Crippen molar-refractivity contribution in [3.8, 4) is 5.75 Å². The van der Waals surface area contributed by atoms with Crippen LogP contribution >= 0.6 is 34.8 Å². The number of fused-ring (bicyclic) bond motifs is 2. The number of aliphatic hydroxyl groups excluding tert-OH is 2. The van der Waals surface area contributed by atoms with Crippen LogP contribution in [0.5, 0.6) is 5.75 Å². The first-order valence-corrected chi connectivity index (χ1v) is 10.8. The van der Waals surface area contributed by atoms with E-state index >= 15 is 0 Å². The molecule has 1 aromatic carbocycles. The van der Waals surface area contributed by atoms with Crippen LogP contribution in [0.4, 0.5) is 0 Å². The summed E-state index contributed by atoms with van der Waals surface area (Å²) in [6, 6.07) is 3.22. The normalized spacial score (nSPS) is 26.2. The van der Waals surface area contributed by atoms with Crippen LogP contribution in [0, 0.1) is 0 Å².